The van der Waals surface area contributed by atoms with Crippen molar-refractivity contribution in [1.29, 1.82) is 0 Å². The smallest absolute Gasteiger partial charge is 0.123 e. The molecule has 0 aliphatic carbocycles. The van der Waals surface area contributed by atoms with Gasteiger partial charge in [-0.3, -0.25) is 4.68 Å². The highest BCUT2D eigenvalue weighted by atomic mass is 79.9. The predicted molar refractivity (Wildman–Crippen MR) is 82.1 cm³/mol. The minimum atomic E-state index is -0.837. The van der Waals surface area contributed by atoms with Gasteiger partial charge in [-0.15, -0.1) is 0 Å². The van der Waals surface area contributed by atoms with Crippen molar-refractivity contribution >= 4 is 27.5 Å². The summed E-state index contributed by atoms with van der Waals surface area (Å²) in [5.74, 6) is 0. The van der Waals surface area contributed by atoms with Crippen LogP contribution in [0.5, 0.6) is 0 Å². The van der Waals surface area contributed by atoms with E-state index in [1.165, 1.54) is 0 Å². The van der Waals surface area contributed by atoms with E-state index in [1.807, 2.05) is 25.1 Å². The van der Waals surface area contributed by atoms with Crippen molar-refractivity contribution in [1.82, 2.24) is 9.78 Å². The second kappa shape index (κ2) is 6.72. The highest BCUT2D eigenvalue weighted by Gasteiger charge is 2.22. The SMILES string of the molecule is COCCn1ncc(Cl)c1C(O)c1cccc(C)c1Br. The number of aliphatic hydroxyl groups excluding tert-OH is 1. The number of halogens is 2. The van der Waals surface area contributed by atoms with Crippen molar-refractivity contribution in [3.8, 4) is 0 Å². The number of nitrogens with zero attached hydrogens (tertiary/aromatic N) is 2. The number of hydrogen-bond acceptors (Lipinski definition) is 3. The van der Waals surface area contributed by atoms with Gasteiger partial charge >= 0.3 is 0 Å². The van der Waals surface area contributed by atoms with Crippen LogP contribution in [0.15, 0.2) is 28.9 Å². The maximum Gasteiger partial charge on any atom is 0.123 e. The molecule has 0 fully saturated rings. The van der Waals surface area contributed by atoms with E-state index in [1.54, 1.807) is 18.0 Å². The van der Waals surface area contributed by atoms with Gasteiger partial charge in [-0.05, 0) is 12.5 Å². The Labute approximate surface area is 131 Å². The number of aromatic nitrogens is 2. The molecule has 0 saturated carbocycles. The molecule has 1 aromatic carbocycles. The Morgan fingerprint density at radius 2 is 2.25 bits per heavy atom. The van der Waals surface area contributed by atoms with Gasteiger partial charge in [-0.2, -0.15) is 5.10 Å². The lowest BCUT2D eigenvalue weighted by molar-refractivity contribution is 0.171. The second-order valence-corrected chi connectivity index (χ2v) is 5.67. The zero-order valence-corrected chi connectivity index (χ0v) is 13.6. The summed E-state index contributed by atoms with van der Waals surface area (Å²) in [7, 11) is 1.62. The van der Waals surface area contributed by atoms with Crippen molar-refractivity contribution in [2.45, 2.75) is 19.6 Å². The van der Waals surface area contributed by atoms with Gasteiger partial charge in [0.1, 0.15) is 6.10 Å². The summed E-state index contributed by atoms with van der Waals surface area (Å²) >= 11 is 9.67. The number of ether oxygens (including phenoxy) is 1. The summed E-state index contributed by atoms with van der Waals surface area (Å²) in [6.45, 7) is 3.02. The van der Waals surface area contributed by atoms with Gasteiger partial charge in [0, 0.05) is 17.1 Å². The Bertz CT molecular complexity index is 601. The molecule has 0 saturated heterocycles. The van der Waals surface area contributed by atoms with Crippen LogP contribution in [-0.4, -0.2) is 28.6 Å². The van der Waals surface area contributed by atoms with Crippen LogP contribution in [0.25, 0.3) is 0 Å². The second-order valence-electron chi connectivity index (χ2n) is 4.47. The first-order chi connectivity index (χ1) is 9.56. The van der Waals surface area contributed by atoms with Crippen molar-refractivity contribution < 1.29 is 9.84 Å². The van der Waals surface area contributed by atoms with Crippen molar-refractivity contribution in [3.63, 3.8) is 0 Å². The first-order valence-corrected chi connectivity index (χ1v) is 7.36. The largest absolute Gasteiger partial charge is 0.383 e. The van der Waals surface area contributed by atoms with Crippen LogP contribution >= 0.6 is 27.5 Å². The molecule has 0 aliphatic rings. The van der Waals surface area contributed by atoms with Crippen molar-refractivity contribution in [3.05, 3.63) is 50.7 Å². The Morgan fingerprint density at radius 3 is 2.95 bits per heavy atom. The van der Waals surface area contributed by atoms with E-state index in [4.69, 9.17) is 16.3 Å². The maximum absolute atomic E-state index is 10.6. The molecule has 4 nitrogen and oxygen atoms in total. The molecule has 2 rings (SSSR count). The fourth-order valence-corrected chi connectivity index (χ4v) is 2.75. The first kappa shape index (κ1) is 15.5. The Kier molecular flexibility index (Phi) is 5.21. The van der Waals surface area contributed by atoms with Gasteiger partial charge in [-0.1, -0.05) is 45.7 Å². The third-order valence-corrected chi connectivity index (χ3v) is 4.49. The summed E-state index contributed by atoms with van der Waals surface area (Å²) in [4.78, 5) is 0. The average Bonchev–Trinajstić information content (AvgIpc) is 2.80. The molecule has 1 unspecified atom stereocenters. The Hall–Kier alpha value is -0.880. The maximum atomic E-state index is 10.6. The van der Waals surface area contributed by atoms with Crippen LogP contribution < -0.4 is 0 Å². The van der Waals surface area contributed by atoms with Crippen LogP contribution in [0.3, 0.4) is 0 Å². The molecule has 108 valence electrons. The number of benzene rings is 1. The number of methoxy groups -OCH3 is 1. The van der Waals surface area contributed by atoms with Gasteiger partial charge in [0.2, 0.25) is 0 Å². The first-order valence-electron chi connectivity index (χ1n) is 6.19. The third-order valence-electron chi connectivity index (χ3n) is 3.12. The van der Waals surface area contributed by atoms with Crippen LogP contribution in [0, 0.1) is 6.92 Å². The molecule has 0 amide bonds. The van der Waals surface area contributed by atoms with E-state index in [2.05, 4.69) is 21.0 Å². The topological polar surface area (TPSA) is 47.3 Å². The molecule has 1 heterocycles. The summed E-state index contributed by atoms with van der Waals surface area (Å²) < 4.78 is 7.59. The molecule has 6 heteroatoms. The zero-order valence-electron chi connectivity index (χ0n) is 11.3. The third kappa shape index (κ3) is 3.06. The van der Waals surface area contributed by atoms with E-state index in [-0.39, 0.29) is 0 Å². The van der Waals surface area contributed by atoms with E-state index in [0.717, 1.165) is 15.6 Å². The molecule has 0 radical (unpaired) electrons. The van der Waals surface area contributed by atoms with E-state index in [9.17, 15) is 5.11 Å². The van der Waals surface area contributed by atoms with Gasteiger partial charge in [0.05, 0.1) is 30.1 Å². The molecule has 1 aromatic heterocycles. The van der Waals surface area contributed by atoms with E-state index in [0.29, 0.717) is 23.9 Å². The highest BCUT2D eigenvalue weighted by molar-refractivity contribution is 9.10. The lowest BCUT2D eigenvalue weighted by Gasteiger charge is -2.16. The van der Waals surface area contributed by atoms with Gasteiger partial charge in [-0.25, -0.2) is 0 Å². The summed E-state index contributed by atoms with van der Waals surface area (Å²) in [6, 6.07) is 5.75. The number of hydrogen-bond donors (Lipinski definition) is 1. The summed E-state index contributed by atoms with van der Waals surface area (Å²) in [5, 5.41) is 15.3. The fourth-order valence-electron chi connectivity index (χ4n) is 2.03. The van der Waals surface area contributed by atoms with Crippen LogP contribution in [0.2, 0.25) is 5.02 Å². The number of aliphatic hydroxyl groups is 1. The van der Waals surface area contributed by atoms with Crippen LogP contribution in [0.1, 0.15) is 22.9 Å². The van der Waals surface area contributed by atoms with E-state index >= 15 is 0 Å². The summed E-state index contributed by atoms with van der Waals surface area (Å²) in [6.07, 6.45) is 0.704. The minimum absolute atomic E-state index is 0.446. The molecule has 2 aromatic rings. The zero-order chi connectivity index (χ0) is 14.7. The van der Waals surface area contributed by atoms with Crippen molar-refractivity contribution in [2.75, 3.05) is 13.7 Å². The van der Waals surface area contributed by atoms with Gasteiger partial charge in [0.25, 0.3) is 0 Å². The fraction of sp³-hybridized carbons (Fsp3) is 0.357. The minimum Gasteiger partial charge on any atom is -0.383 e. The predicted octanol–water partition coefficient (Wildman–Crippen LogP) is 3.34. The lowest BCUT2D eigenvalue weighted by atomic mass is 10.0. The molecular weight excluding hydrogens is 344 g/mol. The van der Waals surface area contributed by atoms with Crippen molar-refractivity contribution in [2.24, 2.45) is 0 Å². The number of rotatable bonds is 5. The molecule has 0 bridgehead atoms. The molecule has 0 spiro atoms. The van der Waals surface area contributed by atoms with Crippen LogP contribution in [0.4, 0.5) is 0 Å². The monoisotopic (exact) mass is 358 g/mol. The Balaban J connectivity index is 2.40. The normalized spacial score (nSPS) is 12.7. The van der Waals surface area contributed by atoms with Gasteiger partial charge < -0.3 is 9.84 Å². The average molecular weight is 360 g/mol. The highest BCUT2D eigenvalue weighted by Crippen LogP contribution is 2.33. The summed E-state index contributed by atoms with van der Waals surface area (Å²) in [5.41, 5.74) is 2.40. The molecule has 20 heavy (non-hydrogen) atoms. The molecule has 0 aliphatic heterocycles. The van der Waals surface area contributed by atoms with Gasteiger partial charge in [0.15, 0.2) is 0 Å². The number of aryl methyl sites for hydroxylation is 1. The molecule has 1 N–H and O–H groups in total. The standard InChI is InChI=1S/C14H16BrClN2O2/c1-9-4-3-5-10(12(9)15)14(19)13-11(16)8-17-18(13)6-7-20-2/h3-5,8,14,19H,6-7H2,1-2H3. The van der Waals surface area contributed by atoms with Crippen LogP contribution in [-0.2, 0) is 11.3 Å². The lowest BCUT2D eigenvalue weighted by Crippen LogP contribution is -2.14. The molecule has 1 atom stereocenters. The quantitative estimate of drug-likeness (QED) is 0.890. The van der Waals surface area contributed by atoms with E-state index < -0.39 is 6.10 Å². The Morgan fingerprint density at radius 1 is 1.50 bits per heavy atom. The molecular formula is C14H16BrClN2O2.